The lowest BCUT2D eigenvalue weighted by molar-refractivity contribution is -0.0548. The molecular weight excluding hydrogens is 497 g/mol. The van der Waals surface area contributed by atoms with E-state index in [0.717, 1.165) is 32.5 Å². The van der Waals surface area contributed by atoms with Gasteiger partial charge in [0.05, 0.1) is 26.0 Å². The minimum Gasteiger partial charge on any atom is -0.496 e. The van der Waals surface area contributed by atoms with Gasteiger partial charge in [-0.3, -0.25) is 23.4 Å². The number of aliphatic hydroxyl groups is 2. The Morgan fingerprint density at radius 2 is 1.86 bits per heavy atom. The highest BCUT2D eigenvalue weighted by Crippen LogP contribution is 2.38. The van der Waals surface area contributed by atoms with Crippen LogP contribution in [0.3, 0.4) is 0 Å². The van der Waals surface area contributed by atoms with Crippen molar-refractivity contribution in [3.05, 3.63) is 81.4 Å². The van der Waals surface area contributed by atoms with Crippen LogP contribution in [0.15, 0.2) is 64.4 Å². The molecule has 4 rings (SSSR count). The van der Waals surface area contributed by atoms with Gasteiger partial charge in [-0.25, -0.2) is 9.36 Å². The number of para-hydroxylation sites is 1. The summed E-state index contributed by atoms with van der Waals surface area (Å²) in [6.07, 6.45) is -3.36. The first-order valence-electron chi connectivity index (χ1n) is 10.7. The van der Waals surface area contributed by atoms with Crippen LogP contribution in [0.2, 0.25) is 0 Å². The summed E-state index contributed by atoms with van der Waals surface area (Å²) in [6.45, 7) is -0.926. The number of benzene rings is 1. The molecule has 1 fully saturated rings. The van der Waals surface area contributed by atoms with Gasteiger partial charge in [-0.05, 0) is 23.8 Å². The highest BCUT2D eigenvalue weighted by Gasteiger charge is 2.45. The normalized spacial score (nSPS) is 22.0. The second-order valence-electron chi connectivity index (χ2n) is 8.00. The van der Waals surface area contributed by atoms with Gasteiger partial charge in [0.25, 0.3) is 5.56 Å². The predicted octanol–water partition coefficient (Wildman–Crippen LogP) is -0.143. The maximum absolute atomic E-state index is 13.2. The average Bonchev–Trinajstić information content (AvgIpc) is 3.13. The molecule has 0 bridgehead atoms. The van der Waals surface area contributed by atoms with Gasteiger partial charge in [0.1, 0.15) is 24.1 Å². The van der Waals surface area contributed by atoms with E-state index in [1.165, 1.54) is 6.20 Å². The third-order valence-corrected chi connectivity index (χ3v) is 6.15. The SMILES string of the molecule is COc1ccccc1-c1ccnc(Cn2c(=O)ccn([C@@H]3O[C@H](COP(=O)(O)O)[C@H](O)C3O)c2=O)c1. The molecule has 1 unspecified atom stereocenters. The molecule has 36 heavy (non-hydrogen) atoms. The van der Waals surface area contributed by atoms with E-state index in [9.17, 15) is 24.4 Å². The third kappa shape index (κ3) is 5.47. The van der Waals surface area contributed by atoms with E-state index in [1.54, 1.807) is 25.3 Å². The van der Waals surface area contributed by atoms with Crippen LogP contribution in [0.25, 0.3) is 11.1 Å². The quantitative estimate of drug-likeness (QED) is 0.289. The van der Waals surface area contributed by atoms with Gasteiger partial charge in [0.15, 0.2) is 6.23 Å². The first kappa shape index (κ1) is 25.9. The van der Waals surface area contributed by atoms with Crippen molar-refractivity contribution in [3.63, 3.8) is 0 Å². The molecule has 3 heterocycles. The summed E-state index contributed by atoms with van der Waals surface area (Å²) in [5.41, 5.74) is 0.472. The molecule has 4 atom stereocenters. The van der Waals surface area contributed by atoms with E-state index in [-0.39, 0.29) is 6.54 Å². The lowest BCUT2D eigenvalue weighted by Crippen LogP contribution is -2.43. The van der Waals surface area contributed by atoms with Crippen molar-refractivity contribution in [1.82, 2.24) is 14.1 Å². The van der Waals surface area contributed by atoms with E-state index < -0.39 is 50.2 Å². The molecule has 2 aromatic heterocycles. The Morgan fingerprint density at radius 3 is 2.58 bits per heavy atom. The van der Waals surface area contributed by atoms with E-state index >= 15 is 0 Å². The molecule has 0 amide bonds. The van der Waals surface area contributed by atoms with Crippen LogP contribution in [0, 0.1) is 0 Å². The Morgan fingerprint density at radius 1 is 1.11 bits per heavy atom. The maximum Gasteiger partial charge on any atom is 0.469 e. The largest absolute Gasteiger partial charge is 0.496 e. The number of phosphoric acid groups is 1. The average molecular weight is 521 g/mol. The summed E-state index contributed by atoms with van der Waals surface area (Å²) in [6, 6.07) is 11.9. The highest BCUT2D eigenvalue weighted by molar-refractivity contribution is 7.46. The van der Waals surface area contributed by atoms with Crippen molar-refractivity contribution in [3.8, 4) is 16.9 Å². The van der Waals surface area contributed by atoms with Crippen molar-refractivity contribution in [1.29, 1.82) is 0 Å². The number of rotatable bonds is 8. The molecule has 0 aliphatic carbocycles. The number of phosphoric ester groups is 1. The molecule has 1 aromatic carbocycles. The molecule has 4 N–H and O–H groups in total. The Kier molecular flexibility index (Phi) is 7.52. The first-order chi connectivity index (χ1) is 17.1. The number of ether oxygens (including phenoxy) is 2. The number of hydrogen-bond acceptors (Lipinski definition) is 9. The van der Waals surface area contributed by atoms with Crippen molar-refractivity contribution in [2.75, 3.05) is 13.7 Å². The third-order valence-electron chi connectivity index (χ3n) is 5.67. The molecule has 1 saturated heterocycles. The molecular formula is C22H24N3O10P. The van der Waals surface area contributed by atoms with Gasteiger partial charge < -0.3 is 29.5 Å². The standard InChI is InChI=1S/C22H24N3O10P/c1-33-16-5-3-2-4-15(16)13-6-8-23-14(10-13)11-25-18(26)7-9-24(22(25)29)21-20(28)19(27)17(35-21)12-34-36(30,31)32/h2-10,17,19-21,27-28H,11-12H2,1H3,(H2,30,31,32)/t17-,19+,20?,21-/m1/s1. The van der Waals surface area contributed by atoms with Gasteiger partial charge >= 0.3 is 13.5 Å². The molecule has 14 heteroatoms. The van der Waals surface area contributed by atoms with Gasteiger partial charge in [0.2, 0.25) is 0 Å². The number of aliphatic hydroxyl groups excluding tert-OH is 2. The van der Waals surface area contributed by atoms with Crippen molar-refractivity contribution < 1.29 is 38.6 Å². The van der Waals surface area contributed by atoms with Crippen molar-refractivity contribution >= 4 is 7.82 Å². The van der Waals surface area contributed by atoms with Gasteiger partial charge in [-0.15, -0.1) is 0 Å². The summed E-state index contributed by atoms with van der Waals surface area (Å²) >= 11 is 0. The zero-order valence-corrected chi connectivity index (χ0v) is 19.8. The smallest absolute Gasteiger partial charge is 0.469 e. The summed E-state index contributed by atoms with van der Waals surface area (Å²) < 4.78 is 27.9. The zero-order chi connectivity index (χ0) is 26.0. The van der Waals surface area contributed by atoms with Crippen LogP contribution in [-0.2, 0) is 20.4 Å². The Balaban J connectivity index is 1.62. The van der Waals surface area contributed by atoms with E-state index in [4.69, 9.17) is 19.3 Å². The summed E-state index contributed by atoms with van der Waals surface area (Å²) in [5, 5.41) is 20.6. The predicted molar refractivity (Wildman–Crippen MR) is 124 cm³/mol. The molecule has 0 spiro atoms. The van der Waals surface area contributed by atoms with Crippen LogP contribution in [0.1, 0.15) is 11.9 Å². The highest BCUT2D eigenvalue weighted by atomic mass is 31.2. The van der Waals surface area contributed by atoms with Gasteiger partial charge in [-0.1, -0.05) is 18.2 Å². The molecule has 192 valence electrons. The van der Waals surface area contributed by atoms with Crippen molar-refractivity contribution in [2.24, 2.45) is 0 Å². The maximum atomic E-state index is 13.2. The molecule has 1 aliphatic heterocycles. The number of nitrogens with zero attached hydrogens (tertiary/aromatic N) is 3. The fourth-order valence-electron chi connectivity index (χ4n) is 3.92. The fourth-order valence-corrected chi connectivity index (χ4v) is 4.26. The Bertz CT molecular complexity index is 1400. The van der Waals surface area contributed by atoms with Crippen molar-refractivity contribution in [2.45, 2.75) is 31.1 Å². The Hall–Kier alpha value is -3.16. The zero-order valence-electron chi connectivity index (χ0n) is 18.9. The molecule has 3 aromatic rings. The molecule has 13 nitrogen and oxygen atoms in total. The van der Waals surface area contributed by atoms with E-state index in [0.29, 0.717) is 11.4 Å². The van der Waals surface area contributed by atoms with E-state index in [2.05, 4.69) is 9.51 Å². The fraction of sp³-hybridized carbons (Fsp3) is 0.318. The van der Waals surface area contributed by atoms with Crippen LogP contribution in [0.5, 0.6) is 5.75 Å². The van der Waals surface area contributed by atoms with Gasteiger partial charge in [-0.2, -0.15) is 0 Å². The van der Waals surface area contributed by atoms with E-state index in [1.807, 2.05) is 18.2 Å². The molecule has 0 radical (unpaired) electrons. The molecule has 1 aliphatic rings. The number of pyridine rings is 1. The second kappa shape index (κ2) is 10.4. The minimum absolute atomic E-state index is 0.197. The second-order valence-corrected chi connectivity index (χ2v) is 9.24. The summed E-state index contributed by atoms with van der Waals surface area (Å²) in [5.74, 6) is 0.636. The lowest BCUT2D eigenvalue weighted by atomic mass is 10.0. The molecule has 0 saturated carbocycles. The number of methoxy groups -OCH3 is 1. The first-order valence-corrected chi connectivity index (χ1v) is 12.2. The van der Waals surface area contributed by atoms with Gasteiger partial charge in [0, 0.05) is 24.0 Å². The number of aromatic nitrogens is 3. The van der Waals surface area contributed by atoms with Crippen LogP contribution in [0.4, 0.5) is 0 Å². The summed E-state index contributed by atoms with van der Waals surface area (Å²) in [7, 11) is -3.30. The Labute approximate surface area is 204 Å². The topological polar surface area (TPSA) is 183 Å². The van der Waals surface area contributed by atoms with Crippen LogP contribution in [-0.4, -0.2) is 66.1 Å². The monoisotopic (exact) mass is 521 g/mol. The minimum atomic E-state index is -4.85. The van der Waals surface area contributed by atoms with Crippen LogP contribution >= 0.6 is 7.82 Å². The number of hydrogen-bond donors (Lipinski definition) is 4. The summed E-state index contributed by atoms with van der Waals surface area (Å²) in [4.78, 5) is 47.7. The lowest BCUT2D eigenvalue weighted by Gasteiger charge is -2.19. The van der Waals surface area contributed by atoms with Crippen LogP contribution < -0.4 is 16.0 Å².